The van der Waals surface area contributed by atoms with Crippen LogP contribution in [0.25, 0.3) is 0 Å². The van der Waals surface area contributed by atoms with Gasteiger partial charge in [0.05, 0.1) is 37.4 Å². The molecule has 0 atom stereocenters. The Labute approximate surface area is 180 Å². The van der Waals surface area contributed by atoms with Crippen molar-refractivity contribution in [1.82, 2.24) is 9.91 Å². The highest BCUT2D eigenvalue weighted by Crippen LogP contribution is 2.30. The zero-order valence-electron chi connectivity index (χ0n) is 17.9. The molecule has 1 aromatic carbocycles. The van der Waals surface area contributed by atoms with Crippen LogP contribution in [0.5, 0.6) is 11.5 Å². The third-order valence-corrected chi connectivity index (χ3v) is 5.16. The van der Waals surface area contributed by atoms with Crippen LogP contribution in [0.1, 0.15) is 19.8 Å². The lowest BCUT2D eigenvalue weighted by Crippen LogP contribution is -2.45. The number of carbonyl (C=O) groups excluding carboxylic acids is 1. The number of piperidine rings is 1. The highest BCUT2D eigenvalue weighted by Gasteiger charge is 2.34. The van der Waals surface area contributed by atoms with Crippen molar-refractivity contribution in [1.29, 1.82) is 0 Å². The molecule has 1 fully saturated rings. The lowest BCUT2D eigenvalue weighted by atomic mass is 9.96. The van der Waals surface area contributed by atoms with Crippen molar-refractivity contribution < 1.29 is 23.9 Å². The number of methoxy groups -OCH3 is 2. The number of hydrogen-bond donors (Lipinski definition) is 1. The first-order valence-corrected chi connectivity index (χ1v) is 10.0. The average Bonchev–Trinajstić information content (AvgIpc) is 2.79. The largest absolute Gasteiger partial charge is 0.497 e. The molecule has 0 spiro atoms. The lowest BCUT2D eigenvalue weighted by Gasteiger charge is -2.34. The van der Waals surface area contributed by atoms with Gasteiger partial charge in [-0.3, -0.25) is 25.3 Å². The molecule has 1 aromatic rings. The smallest absolute Gasteiger partial charge is 0.328 e. The number of carbonyl (C=O) groups is 1. The minimum Gasteiger partial charge on any atom is -0.497 e. The van der Waals surface area contributed by atoms with Crippen LogP contribution in [0.15, 0.2) is 35.1 Å². The maximum Gasteiger partial charge on any atom is 0.328 e. The van der Waals surface area contributed by atoms with Gasteiger partial charge >= 0.3 is 11.7 Å². The first-order chi connectivity index (χ1) is 15.0. The second kappa shape index (κ2) is 10.0. The minimum absolute atomic E-state index is 0.116. The first kappa shape index (κ1) is 22.2. The van der Waals surface area contributed by atoms with Crippen LogP contribution in [-0.4, -0.2) is 67.2 Å². The molecule has 0 unspecified atom stereocenters. The molecule has 2 aliphatic rings. The second-order valence-corrected chi connectivity index (χ2v) is 7.06. The van der Waals surface area contributed by atoms with Gasteiger partial charge in [-0.25, -0.2) is 4.99 Å². The molecule has 3 rings (SSSR count). The zero-order valence-corrected chi connectivity index (χ0v) is 17.9. The average molecular weight is 433 g/mol. The van der Waals surface area contributed by atoms with E-state index in [0.29, 0.717) is 55.6 Å². The second-order valence-electron chi connectivity index (χ2n) is 7.06. The Hall–Kier alpha value is -3.50. The van der Waals surface area contributed by atoms with E-state index < -0.39 is 4.92 Å². The molecular formula is C20H27N5O6. The fourth-order valence-corrected chi connectivity index (χ4v) is 3.57. The summed E-state index contributed by atoms with van der Waals surface area (Å²) < 4.78 is 15.7. The Morgan fingerprint density at radius 2 is 2.03 bits per heavy atom. The number of esters is 1. The van der Waals surface area contributed by atoms with E-state index in [9.17, 15) is 14.9 Å². The Bertz CT molecular complexity index is 879. The van der Waals surface area contributed by atoms with E-state index in [1.54, 1.807) is 32.2 Å². The summed E-state index contributed by atoms with van der Waals surface area (Å²) in [5.41, 5.74) is 3.56. The van der Waals surface area contributed by atoms with Crippen molar-refractivity contribution in [2.24, 2.45) is 10.9 Å². The molecule has 0 bridgehead atoms. The summed E-state index contributed by atoms with van der Waals surface area (Å²) in [5, 5.41) is 13.3. The number of benzene rings is 1. The topological polar surface area (TPSA) is 119 Å². The fourth-order valence-electron chi connectivity index (χ4n) is 3.57. The van der Waals surface area contributed by atoms with Crippen molar-refractivity contribution in [3.05, 3.63) is 40.2 Å². The fraction of sp³-hybridized carbons (Fsp3) is 0.500. The number of nitrogens with one attached hydrogen (secondary N) is 1. The van der Waals surface area contributed by atoms with E-state index in [-0.39, 0.29) is 24.3 Å². The van der Waals surface area contributed by atoms with Crippen molar-refractivity contribution in [2.75, 3.05) is 46.0 Å². The molecule has 1 saturated heterocycles. The number of anilines is 1. The van der Waals surface area contributed by atoms with Crippen LogP contribution >= 0.6 is 0 Å². The van der Waals surface area contributed by atoms with E-state index in [0.717, 1.165) is 0 Å². The normalized spacial score (nSPS) is 16.9. The third kappa shape index (κ3) is 5.16. The summed E-state index contributed by atoms with van der Waals surface area (Å²) in [5.74, 6) is 1.12. The predicted molar refractivity (Wildman–Crippen MR) is 113 cm³/mol. The van der Waals surface area contributed by atoms with Gasteiger partial charge in [0.15, 0.2) is 0 Å². The molecule has 0 aromatic heterocycles. The number of aliphatic imine (C=N–C) groups is 1. The maximum atomic E-state index is 11.9. The molecule has 2 aliphatic heterocycles. The molecule has 11 nitrogen and oxygen atoms in total. The highest BCUT2D eigenvalue weighted by atomic mass is 16.6. The molecular weight excluding hydrogens is 406 g/mol. The number of hydrogen-bond acceptors (Lipinski definition) is 10. The number of nitro groups is 1. The highest BCUT2D eigenvalue weighted by molar-refractivity contribution is 5.96. The van der Waals surface area contributed by atoms with E-state index in [1.807, 2.05) is 4.90 Å². The van der Waals surface area contributed by atoms with Gasteiger partial charge in [0.25, 0.3) is 0 Å². The number of hydrazine groups is 1. The standard InChI is InChI=1S/C20H27N5O6/c1-4-31-20(26)14-7-9-23(10-8-14)19-17(25(27)28)12-24(13-21-19)22-16-11-15(29-2)5-6-18(16)30-3/h5-6,11-12,14,22H,4,7-10,13H2,1-3H3. The Kier molecular flexibility index (Phi) is 7.16. The number of rotatable bonds is 7. The van der Waals surface area contributed by atoms with Crippen molar-refractivity contribution in [2.45, 2.75) is 19.8 Å². The van der Waals surface area contributed by atoms with Crippen LogP contribution in [0.3, 0.4) is 0 Å². The summed E-state index contributed by atoms with van der Waals surface area (Å²) >= 11 is 0. The third-order valence-electron chi connectivity index (χ3n) is 5.16. The van der Waals surface area contributed by atoms with Gasteiger partial charge in [-0.1, -0.05) is 0 Å². The van der Waals surface area contributed by atoms with Crippen LogP contribution in [0.2, 0.25) is 0 Å². The summed E-state index contributed by atoms with van der Waals surface area (Å²) in [6.45, 7) is 3.31. The number of amidine groups is 1. The van der Waals surface area contributed by atoms with Gasteiger partial charge in [0.1, 0.15) is 24.4 Å². The number of likely N-dealkylation sites (tertiary alicyclic amines) is 1. The molecule has 0 saturated carbocycles. The molecule has 31 heavy (non-hydrogen) atoms. The quantitative estimate of drug-likeness (QED) is 0.392. The van der Waals surface area contributed by atoms with Crippen molar-refractivity contribution in [3.63, 3.8) is 0 Å². The summed E-state index contributed by atoms with van der Waals surface area (Å²) in [4.78, 5) is 29.5. The van der Waals surface area contributed by atoms with Crippen LogP contribution in [0.4, 0.5) is 5.69 Å². The summed E-state index contributed by atoms with van der Waals surface area (Å²) in [6.07, 6.45) is 2.57. The molecule has 0 radical (unpaired) electrons. The van der Waals surface area contributed by atoms with Gasteiger partial charge in [-0.2, -0.15) is 0 Å². The Morgan fingerprint density at radius 1 is 1.29 bits per heavy atom. The maximum absolute atomic E-state index is 11.9. The molecule has 0 amide bonds. The van der Waals surface area contributed by atoms with E-state index in [4.69, 9.17) is 14.2 Å². The van der Waals surface area contributed by atoms with E-state index >= 15 is 0 Å². The minimum atomic E-state index is -0.451. The van der Waals surface area contributed by atoms with E-state index in [2.05, 4.69) is 10.4 Å². The number of ether oxygens (including phenoxy) is 3. The van der Waals surface area contributed by atoms with Gasteiger partial charge in [-0.15, -0.1) is 0 Å². The number of nitrogens with zero attached hydrogens (tertiary/aromatic N) is 4. The van der Waals surface area contributed by atoms with Gasteiger partial charge in [-0.05, 0) is 31.9 Å². The van der Waals surface area contributed by atoms with Crippen molar-refractivity contribution >= 4 is 17.5 Å². The molecule has 2 heterocycles. The monoisotopic (exact) mass is 433 g/mol. The predicted octanol–water partition coefficient (Wildman–Crippen LogP) is 2.10. The zero-order chi connectivity index (χ0) is 22.4. The van der Waals surface area contributed by atoms with E-state index in [1.165, 1.54) is 18.3 Å². The molecule has 11 heteroatoms. The SMILES string of the molecule is CCOC(=O)C1CCN(C2=NCN(Nc3cc(OC)ccc3OC)C=C2[N+](=O)[O-])CC1. The molecule has 168 valence electrons. The van der Waals surface area contributed by atoms with Gasteiger partial charge in [0, 0.05) is 19.2 Å². The van der Waals surface area contributed by atoms with Crippen molar-refractivity contribution in [3.8, 4) is 11.5 Å². The Morgan fingerprint density at radius 3 is 2.65 bits per heavy atom. The molecule has 0 aliphatic carbocycles. The van der Waals surface area contributed by atoms with Crippen LogP contribution in [-0.2, 0) is 9.53 Å². The lowest BCUT2D eigenvalue weighted by molar-refractivity contribution is -0.417. The summed E-state index contributed by atoms with van der Waals surface area (Å²) in [7, 11) is 3.09. The van der Waals surface area contributed by atoms with Gasteiger partial charge < -0.3 is 19.1 Å². The first-order valence-electron chi connectivity index (χ1n) is 10.0. The Balaban J connectivity index is 1.71. The van der Waals surface area contributed by atoms with Crippen LogP contribution in [0, 0.1) is 16.0 Å². The van der Waals surface area contributed by atoms with Gasteiger partial charge in [0.2, 0.25) is 5.84 Å². The molecule has 1 N–H and O–H groups in total. The summed E-state index contributed by atoms with van der Waals surface area (Å²) in [6, 6.07) is 5.23. The van der Waals surface area contributed by atoms with Crippen LogP contribution < -0.4 is 14.9 Å².